The fraction of sp³-hybridized carbons (Fsp3) is 0.500. The smallest absolute Gasteiger partial charge is 0.165 e. The molecule has 1 aliphatic heterocycles. The van der Waals surface area contributed by atoms with Gasteiger partial charge in [0.1, 0.15) is 6.61 Å². The molecule has 1 aromatic rings. The molecule has 3 nitrogen and oxygen atoms in total. The van der Waals surface area contributed by atoms with Gasteiger partial charge in [-0.2, -0.15) is 0 Å². The van der Waals surface area contributed by atoms with Gasteiger partial charge in [0.05, 0.1) is 5.88 Å². The van der Waals surface area contributed by atoms with Crippen LogP contribution in [-0.4, -0.2) is 62.1 Å². The molecule has 1 saturated heterocycles. The van der Waals surface area contributed by atoms with Crippen LogP contribution in [-0.2, 0) is 0 Å². The van der Waals surface area contributed by atoms with E-state index in [1.54, 1.807) is 12.1 Å². The SMILES string of the molecule is CN1CCN(CCOc2cc(C#CCCl)ccc2F)CC1. The molecule has 0 aliphatic carbocycles. The molecular weight excluding hydrogens is 291 g/mol. The van der Waals surface area contributed by atoms with Gasteiger partial charge in [-0.25, -0.2) is 4.39 Å². The Morgan fingerprint density at radius 3 is 2.76 bits per heavy atom. The van der Waals surface area contributed by atoms with Gasteiger partial charge >= 0.3 is 0 Å². The third kappa shape index (κ3) is 5.20. The third-order valence-electron chi connectivity index (χ3n) is 3.49. The van der Waals surface area contributed by atoms with Crippen molar-refractivity contribution in [3.8, 4) is 17.6 Å². The molecule has 0 atom stereocenters. The monoisotopic (exact) mass is 310 g/mol. The Bertz CT molecular complexity index is 519. The normalized spacial score (nSPS) is 16.3. The molecule has 0 radical (unpaired) electrons. The molecule has 0 unspecified atom stereocenters. The van der Waals surface area contributed by atoms with Gasteiger partial charge in [0.15, 0.2) is 11.6 Å². The molecule has 1 heterocycles. The molecule has 114 valence electrons. The standard InChI is InChI=1S/C16H20ClFN2O/c1-19-7-9-20(10-8-19)11-12-21-16-13-14(3-2-6-17)4-5-15(16)18/h4-5,13H,6-12H2,1H3. The van der Waals surface area contributed by atoms with E-state index in [0.717, 1.165) is 32.7 Å². The van der Waals surface area contributed by atoms with Crippen molar-refractivity contribution in [3.63, 3.8) is 0 Å². The minimum Gasteiger partial charge on any atom is -0.489 e. The van der Waals surface area contributed by atoms with Crippen LogP contribution in [0.3, 0.4) is 0 Å². The van der Waals surface area contributed by atoms with E-state index >= 15 is 0 Å². The minimum absolute atomic E-state index is 0.255. The molecule has 0 N–H and O–H groups in total. The van der Waals surface area contributed by atoms with Crippen molar-refractivity contribution < 1.29 is 9.13 Å². The Morgan fingerprint density at radius 1 is 1.29 bits per heavy atom. The lowest BCUT2D eigenvalue weighted by molar-refractivity contribution is 0.132. The lowest BCUT2D eigenvalue weighted by Gasteiger charge is -2.32. The van der Waals surface area contributed by atoms with Crippen molar-refractivity contribution in [2.24, 2.45) is 0 Å². The van der Waals surface area contributed by atoms with E-state index in [9.17, 15) is 4.39 Å². The van der Waals surface area contributed by atoms with E-state index in [4.69, 9.17) is 16.3 Å². The summed E-state index contributed by atoms with van der Waals surface area (Å²) in [7, 11) is 2.12. The Morgan fingerprint density at radius 2 is 2.05 bits per heavy atom. The van der Waals surface area contributed by atoms with Crippen LogP contribution in [0.25, 0.3) is 0 Å². The van der Waals surface area contributed by atoms with Crippen molar-refractivity contribution in [1.29, 1.82) is 0 Å². The number of benzene rings is 1. The van der Waals surface area contributed by atoms with Gasteiger partial charge in [-0.1, -0.05) is 11.8 Å². The molecule has 2 rings (SSSR count). The molecule has 0 amide bonds. The molecule has 0 spiro atoms. The molecular formula is C16H20ClFN2O. The second-order valence-electron chi connectivity index (χ2n) is 5.07. The van der Waals surface area contributed by atoms with Gasteiger partial charge in [-0.15, -0.1) is 11.6 Å². The van der Waals surface area contributed by atoms with Crippen molar-refractivity contribution in [2.75, 3.05) is 52.3 Å². The minimum atomic E-state index is -0.357. The third-order valence-corrected chi connectivity index (χ3v) is 3.63. The Hall–Kier alpha value is -1.28. The molecule has 1 fully saturated rings. The summed E-state index contributed by atoms with van der Waals surface area (Å²) in [4.78, 5) is 4.63. The van der Waals surface area contributed by atoms with Crippen LogP contribution in [0.2, 0.25) is 0 Å². The second kappa shape index (κ2) is 8.23. The number of nitrogens with zero attached hydrogens (tertiary/aromatic N) is 2. The van der Waals surface area contributed by atoms with Gasteiger partial charge in [-0.3, -0.25) is 4.90 Å². The molecule has 0 aromatic heterocycles. The zero-order chi connectivity index (χ0) is 15.1. The van der Waals surface area contributed by atoms with Crippen LogP contribution in [0.15, 0.2) is 18.2 Å². The van der Waals surface area contributed by atoms with Crippen LogP contribution in [0.1, 0.15) is 5.56 Å². The van der Waals surface area contributed by atoms with E-state index < -0.39 is 0 Å². The van der Waals surface area contributed by atoms with E-state index in [-0.39, 0.29) is 17.4 Å². The van der Waals surface area contributed by atoms with E-state index in [2.05, 4.69) is 28.7 Å². The number of piperazine rings is 1. The number of hydrogen-bond donors (Lipinski definition) is 0. The highest BCUT2D eigenvalue weighted by Crippen LogP contribution is 2.18. The summed E-state index contributed by atoms with van der Waals surface area (Å²) in [6.45, 7) is 5.49. The zero-order valence-corrected chi connectivity index (χ0v) is 13.0. The first-order chi connectivity index (χ1) is 10.2. The molecule has 0 bridgehead atoms. The number of alkyl halides is 1. The van der Waals surface area contributed by atoms with Crippen LogP contribution in [0.4, 0.5) is 4.39 Å². The number of likely N-dealkylation sites (N-methyl/N-ethyl adjacent to an activating group) is 1. The second-order valence-corrected chi connectivity index (χ2v) is 5.34. The van der Waals surface area contributed by atoms with Crippen molar-refractivity contribution in [3.05, 3.63) is 29.6 Å². The average molecular weight is 311 g/mol. The number of ether oxygens (including phenoxy) is 1. The van der Waals surface area contributed by atoms with Gasteiger partial charge in [0.25, 0.3) is 0 Å². The zero-order valence-electron chi connectivity index (χ0n) is 12.2. The van der Waals surface area contributed by atoms with Crippen LogP contribution < -0.4 is 4.74 Å². The lowest BCUT2D eigenvalue weighted by Crippen LogP contribution is -2.45. The van der Waals surface area contributed by atoms with Gasteiger partial charge in [0, 0.05) is 38.3 Å². The summed E-state index contributed by atoms with van der Waals surface area (Å²) in [5.74, 6) is 5.77. The van der Waals surface area contributed by atoms with Crippen LogP contribution >= 0.6 is 11.6 Å². The summed E-state index contributed by atoms with van der Waals surface area (Å²) in [6.07, 6.45) is 0. The first-order valence-corrected chi connectivity index (χ1v) is 7.60. The van der Waals surface area contributed by atoms with Crippen LogP contribution in [0.5, 0.6) is 5.75 Å². The predicted octanol–water partition coefficient (Wildman–Crippen LogP) is 2.04. The van der Waals surface area contributed by atoms with Crippen LogP contribution in [0, 0.1) is 17.7 Å². The fourth-order valence-corrected chi connectivity index (χ4v) is 2.25. The molecule has 21 heavy (non-hydrogen) atoms. The van der Waals surface area contributed by atoms with E-state index in [1.807, 2.05) is 0 Å². The summed E-state index contributed by atoms with van der Waals surface area (Å²) < 4.78 is 19.2. The first kappa shape index (κ1) is 16.1. The Labute approximate surface area is 130 Å². The molecule has 0 saturated carbocycles. The van der Waals surface area contributed by atoms with E-state index in [0.29, 0.717) is 12.2 Å². The summed E-state index contributed by atoms with van der Waals surface area (Å²) in [5, 5.41) is 0. The fourth-order valence-electron chi connectivity index (χ4n) is 2.18. The summed E-state index contributed by atoms with van der Waals surface area (Å²) in [5.41, 5.74) is 0.714. The number of hydrogen-bond acceptors (Lipinski definition) is 3. The largest absolute Gasteiger partial charge is 0.489 e. The highest BCUT2D eigenvalue weighted by molar-refractivity contribution is 6.19. The van der Waals surface area contributed by atoms with Crippen molar-refractivity contribution >= 4 is 11.6 Å². The predicted molar refractivity (Wildman–Crippen MR) is 83.4 cm³/mol. The Balaban J connectivity index is 1.84. The first-order valence-electron chi connectivity index (χ1n) is 7.07. The van der Waals surface area contributed by atoms with Gasteiger partial charge in [0.2, 0.25) is 0 Å². The number of rotatable bonds is 4. The maximum absolute atomic E-state index is 13.7. The van der Waals surface area contributed by atoms with Gasteiger partial charge < -0.3 is 9.64 Å². The maximum atomic E-state index is 13.7. The summed E-state index contributed by atoms with van der Waals surface area (Å²) in [6, 6.07) is 4.63. The Kier molecular flexibility index (Phi) is 6.31. The topological polar surface area (TPSA) is 15.7 Å². The average Bonchev–Trinajstić information content (AvgIpc) is 2.50. The lowest BCUT2D eigenvalue weighted by atomic mass is 10.2. The van der Waals surface area contributed by atoms with Crippen molar-refractivity contribution in [2.45, 2.75) is 0 Å². The quantitative estimate of drug-likeness (QED) is 0.625. The summed E-state index contributed by atoms with van der Waals surface area (Å²) >= 11 is 5.51. The van der Waals surface area contributed by atoms with E-state index in [1.165, 1.54) is 6.07 Å². The highest BCUT2D eigenvalue weighted by Gasteiger charge is 2.13. The molecule has 1 aromatic carbocycles. The molecule has 1 aliphatic rings. The molecule has 5 heteroatoms. The maximum Gasteiger partial charge on any atom is 0.165 e. The number of halogens is 2. The van der Waals surface area contributed by atoms with Crippen molar-refractivity contribution in [1.82, 2.24) is 9.80 Å². The highest BCUT2D eigenvalue weighted by atomic mass is 35.5. The van der Waals surface area contributed by atoms with Gasteiger partial charge in [-0.05, 0) is 25.2 Å².